The van der Waals surface area contributed by atoms with Crippen molar-refractivity contribution >= 4 is 0 Å². The molecule has 1 fully saturated rings. The van der Waals surface area contributed by atoms with Gasteiger partial charge in [0.2, 0.25) is 5.89 Å². The van der Waals surface area contributed by atoms with E-state index in [1.165, 1.54) is 19.4 Å². The van der Waals surface area contributed by atoms with Gasteiger partial charge < -0.3 is 14.7 Å². The molecule has 0 saturated carbocycles. The minimum Gasteiger partial charge on any atom is -0.339 e. The summed E-state index contributed by atoms with van der Waals surface area (Å²) in [4.78, 5) is 7.07. The molecule has 0 radical (unpaired) electrons. The summed E-state index contributed by atoms with van der Waals surface area (Å²) in [7, 11) is 1.95. The van der Waals surface area contributed by atoms with Gasteiger partial charge in [-0.05, 0) is 47.2 Å². The summed E-state index contributed by atoms with van der Waals surface area (Å²) in [6, 6.07) is 0.963. The third-order valence-electron chi connectivity index (χ3n) is 4.01. The number of nitrogens with zero attached hydrogens (tertiary/aromatic N) is 3. The van der Waals surface area contributed by atoms with Crippen LogP contribution in [-0.2, 0) is 6.42 Å². The van der Waals surface area contributed by atoms with Crippen molar-refractivity contribution in [1.29, 1.82) is 0 Å². The Hall–Kier alpha value is -0.940. The van der Waals surface area contributed by atoms with Crippen molar-refractivity contribution in [2.45, 2.75) is 58.0 Å². The first-order chi connectivity index (χ1) is 9.10. The second-order valence-electron chi connectivity index (χ2n) is 5.87. The van der Waals surface area contributed by atoms with E-state index in [0.29, 0.717) is 18.0 Å². The zero-order chi connectivity index (χ0) is 13.8. The van der Waals surface area contributed by atoms with E-state index in [1.54, 1.807) is 0 Å². The predicted molar refractivity (Wildman–Crippen MR) is 75.2 cm³/mol. The molecule has 5 heteroatoms. The summed E-state index contributed by atoms with van der Waals surface area (Å²) in [5, 5.41) is 7.37. The third kappa shape index (κ3) is 3.76. The van der Waals surface area contributed by atoms with Crippen LogP contribution in [0, 0.1) is 0 Å². The average molecular weight is 266 g/mol. The maximum Gasteiger partial charge on any atom is 0.228 e. The number of piperidine rings is 1. The maximum absolute atomic E-state index is 5.37. The molecular weight excluding hydrogens is 240 g/mol. The van der Waals surface area contributed by atoms with Gasteiger partial charge in [-0.3, -0.25) is 0 Å². The highest BCUT2D eigenvalue weighted by Gasteiger charge is 2.26. The van der Waals surface area contributed by atoms with Gasteiger partial charge in [-0.15, -0.1) is 0 Å². The molecule has 0 spiro atoms. The van der Waals surface area contributed by atoms with Crippen LogP contribution in [0.5, 0.6) is 0 Å². The Morgan fingerprint density at radius 2 is 2.21 bits per heavy atom. The first-order valence-electron chi connectivity index (χ1n) is 7.34. The van der Waals surface area contributed by atoms with Crippen molar-refractivity contribution in [2.24, 2.45) is 0 Å². The number of hydrogen-bond acceptors (Lipinski definition) is 5. The Morgan fingerprint density at radius 1 is 1.42 bits per heavy atom. The summed E-state index contributed by atoms with van der Waals surface area (Å²) in [6.45, 7) is 8.86. The molecule has 1 saturated heterocycles. The van der Waals surface area contributed by atoms with Gasteiger partial charge in [-0.2, -0.15) is 4.98 Å². The molecule has 0 aliphatic carbocycles. The molecule has 0 aromatic carbocycles. The maximum atomic E-state index is 5.37. The Balaban J connectivity index is 1.97. The molecule has 1 aromatic rings. The second kappa shape index (κ2) is 6.48. The predicted octanol–water partition coefficient (Wildman–Crippen LogP) is 1.81. The molecule has 19 heavy (non-hydrogen) atoms. The fourth-order valence-corrected chi connectivity index (χ4v) is 2.57. The molecule has 1 aliphatic heterocycles. The van der Waals surface area contributed by atoms with Gasteiger partial charge in [0.05, 0.1) is 0 Å². The van der Waals surface area contributed by atoms with E-state index < -0.39 is 0 Å². The van der Waals surface area contributed by atoms with Crippen LogP contribution in [0.2, 0.25) is 0 Å². The van der Waals surface area contributed by atoms with E-state index >= 15 is 0 Å². The van der Waals surface area contributed by atoms with Gasteiger partial charge in [0.1, 0.15) is 0 Å². The minimum absolute atomic E-state index is 0.367. The summed E-state index contributed by atoms with van der Waals surface area (Å²) in [6.07, 6.45) is 3.19. The van der Waals surface area contributed by atoms with Crippen LogP contribution in [0.1, 0.15) is 51.2 Å². The van der Waals surface area contributed by atoms with Crippen LogP contribution < -0.4 is 5.32 Å². The molecule has 0 amide bonds. The van der Waals surface area contributed by atoms with Gasteiger partial charge in [0.25, 0.3) is 0 Å². The fourth-order valence-electron chi connectivity index (χ4n) is 2.57. The number of likely N-dealkylation sites (N-methyl/N-ethyl adjacent to an activating group) is 1. The molecule has 1 aromatic heterocycles. The standard InChI is InChI=1S/C14H26N4O/c1-10(2)18-7-5-6-12(9-18)14-16-13(19-17-14)8-11(3)15-4/h10-12,15H,5-9H2,1-4H3. The number of aromatic nitrogens is 2. The normalized spacial score (nSPS) is 22.9. The summed E-state index contributed by atoms with van der Waals surface area (Å²) >= 11 is 0. The van der Waals surface area contributed by atoms with Crippen LogP contribution >= 0.6 is 0 Å². The van der Waals surface area contributed by atoms with E-state index in [0.717, 1.165) is 24.7 Å². The Morgan fingerprint density at radius 3 is 2.89 bits per heavy atom. The molecule has 2 rings (SSSR count). The Bertz CT molecular complexity index is 391. The highest BCUT2D eigenvalue weighted by molar-refractivity contribution is 4.99. The van der Waals surface area contributed by atoms with Gasteiger partial charge in [-0.1, -0.05) is 5.16 Å². The van der Waals surface area contributed by atoms with Crippen molar-refractivity contribution in [3.05, 3.63) is 11.7 Å². The largest absolute Gasteiger partial charge is 0.339 e. The van der Waals surface area contributed by atoms with Crippen molar-refractivity contribution in [3.8, 4) is 0 Å². The van der Waals surface area contributed by atoms with Crippen LogP contribution in [0.25, 0.3) is 0 Å². The van der Waals surface area contributed by atoms with E-state index in [2.05, 4.69) is 41.1 Å². The highest BCUT2D eigenvalue weighted by atomic mass is 16.5. The molecule has 2 heterocycles. The molecule has 2 unspecified atom stereocenters. The monoisotopic (exact) mass is 266 g/mol. The lowest BCUT2D eigenvalue weighted by molar-refractivity contribution is 0.163. The van der Waals surface area contributed by atoms with Crippen LogP contribution in [-0.4, -0.2) is 47.3 Å². The number of nitrogens with one attached hydrogen (secondary N) is 1. The molecule has 1 N–H and O–H groups in total. The zero-order valence-corrected chi connectivity index (χ0v) is 12.5. The van der Waals surface area contributed by atoms with Crippen molar-refractivity contribution in [1.82, 2.24) is 20.4 Å². The van der Waals surface area contributed by atoms with Crippen molar-refractivity contribution in [3.63, 3.8) is 0 Å². The first-order valence-corrected chi connectivity index (χ1v) is 7.34. The van der Waals surface area contributed by atoms with Crippen LogP contribution in [0.15, 0.2) is 4.52 Å². The quantitative estimate of drug-likeness (QED) is 0.881. The lowest BCUT2D eigenvalue weighted by Crippen LogP contribution is -2.39. The first kappa shape index (κ1) is 14.5. The fraction of sp³-hybridized carbons (Fsp3) is 0.857. The minimum atomic E-state index is 0.367. The zero-order valence-electron chi connectivity index (χ0n) is 12.5. The van der Waals surface area contributed by atoms with Crippen LogP contribution in [0.3, 0.4) is 0 Å². The van der Waals surface area contributed by atoms with Gasteiger partial charge in [0, 0.05) is 31.0 Å². The highest BCUT2D eigenvalue weighted by Crippen LogP contribution is 2.26. The van der Waals surface area contributed by atoms with E-state index in [9.17, 15) is 0 Å². The smallest absolute Gasteiger partial charge is 0.228 e. The molecule has 0 bridgehead atoms. The van der Waals surface area contributed by atoms with Gasteiger partial charge >= 0.3 is 0 Å². The molecule has 1 aliphatic rings. The van der Waals surface area contributed by atoms with Crippen LogP contribution in [0.4, 0.5) is 0 Å². The Kier molecular flexibility index (Phi) is 4.93. The van der Waals surface area contributed by atoms with E-state index in [1.807, 2.05) is 7.05 Å². The summed E-state index contributed by atoms with van der Waals surface area (Å²) in [5.41, 5.74) is 0. The topological polar surface area (TPSA) is 54.2 Å². The molecule has 108 valence electrons. The molecular formula is C14H26N4O. The number of hydrogen-bond donors (Lipinski definition) is 1. The second-order valence-corrected chi connectivity index (χ2v) is 5.87. The van der Waals surface area contributed by atoms with E-state index in [-0.39, 0.29) is 0 Å². The Labute approximate surface area is 115 Å². The van der Waals surface area contributed by atoms with Crippen molar-refractivity contribution < 1.29 is 4.52 Å². The SMILES string of the molecule is CNC(C)Cc1nc(C2CCCN(C(C)C)C2)no1. The molecule has 2 atom stereocenters. The number of rotatable bonds is 5. The summed E-state index contributed by atoms with van der Waals surface area (Å²) in [5.74, 6) is 2.07. The van der Waals surface area contributed by atoms with Crippen molar-refractivity contribution in [2.75, 3.05) is 20.1 Å². The van der Waals surface area contributed by atoms with Gasteiger partial charge in [0.15, 0.2) is 5.82 Å². The third-order valence-corrected chi connectivity index (χ3v) is 4.01. The lowest BCUT2D eigenvalue weighted by Gasteiger charge is -2.34. The number of likely N-dealkylation sites (tertiary alicyclic amines) is 1. The average Bonchev–Trinajstić information content (AvgIpc) is 2.87. The summed E-state index contributed by atoms with van der Waals surface area (Å²) < 4.78 is 5.37. The lowest BCUT2D eigenvalue weighted by atomic mass is 9.96. The molecule has 5 nitrogen and oxygen atoms in total. The van der Waals surface area contributed by atoms with E-state index in [4.69, 9.17) is 4.52 Å². The van der Waals surface area contributed by atoms with Gasteiger partial charge in [-0.25, -0.2) is 0 Å².